The fourth-order valence-electron chi connectivity index (χ4n) is 8.25. The van der Waals surface area contributed by atoms with E-state index in [9.17, 15) is 4.79 Å². The van der Waals surface area contributed by atoms with Crippen LogP contribution in [0.15, 0.2) is 0 Å². The van der Waals surface area contributed by atoms with Crippen molar-refractivity contribution >= 4 is 5.97 Å². The van der Waals surface area contributed by atoms with Gasteiger partial charge in [0.25, 0.3) is 0 Å². The summed E-state index contributed by atoms with van der Waals surface area (Å²) in [4.78, 5) is 14.6. The van der Waals surface area contributed by atoms with E-state index < -0.39 is 0 Å². The summed E-state index contributed by atoms with van der Waals surface area (Å²) in [6.45, 7) is 18.7. The Labute approximate surface area is 352 Å². The lowest BCUT2D eigenvalue weighted by atomic mass is 9.95. The summed E-state index contributed by atoms with van der Waals surface area (Å²) >= 11 is 0. The maximum absolute atomic E-state index is 12.0. The molecule has 0 N–H and O–H groups in total. The highest BCUT2D eigenvalue weighted by molar-refractivity contribution is 5.69. The van der Waals surface area contributed by atoms with Crippen LogP contribution < -0.4 is 0 Å². The second-order valence-electron chi connectivity index (χ2n) is 17.6. The van der Waals surface area contributed by atoms with Gasteiger partial charge in [-0.3, -0.25) is 4.79 Å². The van der Waals surface area contributed by atoms with Gasteiger partial charge in [-0.2, -0.15) is 0 Å². The van der Waals surface area contributed by atoms with Crippen molar-refractivity contribution < 1.29 is 19.0 Å². The van der Waals surface area contributed by atoms with E-state index in [2.05, 4.69) is 32.6 Å². The Morgan fingerprint density at radius 3 is 1.11 bits per heavy atom. The summed E-state index contributed by atoms with van der Waals surface area (Å²) in [5.41, 5.74) is 0. The third kappa shape index (κ3) is 41.5. The summed E-state index contributed by atoms with van der Waals surface area (Å²) in [7, 11) is 0. The Balaban J connectivity index is 4.34. The molecule has 0 heterocycles. The first-order valence-corrected chi connectivity index (χ1v) is 25.6. The van der Waals surface area contributed by atoms with Gasteiger partial charge in [0.1, 0.15) is 0 Å². The van der Waals surface area contributed by atoms with Crippen LogP contribution in [0, 0.1) is 11.8 Å². The molecule has 5 nitrogen and oxygen atoms in total. The molecule has 56 heavy (non-hydrogen) atoms. The number of carbonyl (C=O) groups is 1. The highest BCUT2D eigenvalue weighted by Gasteiger charge is 2.12. The molecule has 0 fully saturated rings. The van der Waals surface area contributed by atoms with E-state index >= 15 is 0 Å². The van der Waals surface area contributed by atoms with E-state index in [0.29, 0.717) is 13.0 Å². The average molecular weight is 794 g/mol. The number of hydrogen-bond donors (Lipinski definition) is 0. The lowest BCUT2D eigenvalue weighted by Crippen LogP contribution is -2.28. The minimum absolute atomic E-state index is 0.0462. The van der Waals surface area contributed by atoms with Crippen LogP contribution in [-0.2, 0) is 19.0 Å². The summed E-state index contributed by atoms with van der Waals surface area (Å²) in [6.07, 6.45) is 45.8. The lowest BCUT2D eigenvalue weighted by Gasteiger charge is -2.22. The molecule has 0 aromatic rings. The van der Waals surface area contributed by atoms with Crippen LogP contribution in [0.5, 0.6) is 0 Å². The molecule has 0 aliphatic heterocycles. The molecule has 0 saturated carbocycles. The van der Waals surface area contributed by atoms with Gasteiger partial charge in [-0.05, 0) is 96.2 Å². The van der Waals surface area contributed by atoms with Crippen LogP contribution in [-0.4, -0.2) is 63.5 Å². The fraction of sp³-hybridized carbons (Fsp3) is 0.980. The first-order chi connectivity index (χ1) is 27.6. The zero-order valence-electron chi connectivity index (χ0n) is 39.1. The third-order valence-electron chi connectivity index (χ3n) is 12.0. The van der Waals surface area contributed by atoms with Crippen LogP contribution in [0.2, 0.25) is 0 Å². The number of esters is 1. The largest absolute Gasteiger partial charge is 0.466 e. The zero-order chi connectivity index (χ0) is 40.8. The van der Waals surface area contributed by atoms with E-state index in [4.69, 9.17) is 14.2 Å². The predicted octanol–water partition coefficient (Wildman–Crippen LogP) is 15.9. The third-order valence-corrected chi connectivity index (χ3v) is 12.0. The highest BCUT2D eigenvalue weighted by Crippen LogP contribution is 2.21. The molecule has 2 atom stereocenters. The average Bonchev–Trinajstić information content (AvgIpc) is 3.20. The normalized spacial score (nSPS) is 12.8. The van der Waals surface area contributed by atoms with Gasteiger partial charge in [-0.25, -0.2) is 0 Å². The number of nitrogens with zero attached hydrogens (tertiary/aromatic N) is 1. The van der Waals surface area contributed by atoms with Crippen molar-refractivity contribution in [3.05, 3.63) is 0 Å². The molecule has 0 aliphatic carbocycles. The van der Waals surface area contributed by atoms with Crippen LogP contribution in [0.4, 0.5) is 0 Å². The molecule has 0 aliphatic rings. The number of unbranched alkanes of at least 4 members (excludes halogenated alkanes) is 23. The van der Waals surface area contributed by atoms with Crippen molar-refractivity contribution in [3.63, 3.8) is 0 Å². The van der Waals surface area contributed by atoms with Gasteiger partial charge in [0.2, 0.25) is 0 Å². The van der Waals surface area contributed by atoms with Gasteiger partial charge in [0.15, 0.2) is 0 Å². The maximum Gasteiger partial charge on any atom is 0.305 e. The second kappa shape index (κ2) is 47.0. The first-order valence-electron chi connectivity index (χ1n) is 25.6. The topological polar surface area (TPSA) is 48.0 Å². The number of ether oxygens (including phenoxy) is 3. The van der Waals surface area contributed by atoms with Gasteiger partial charge in [0.05, 0.1) is 6.61 Å². The molecule has 5 heteroatoms. The second-order valence-corrected chi connectivity index (χ2v) is 17.6. The van der Waals surface area contributed by atoms with Crippen LogP contribution in [0.1, 0.15) is 259 Å². The van der Waals surface area contributed by atoms with Crippen LogP contribution >= 0.6 is 0 Å². The molecule has 0 spiro atoms. The van der Waals surface area contributed by atoms with Crippen molar-refractivity contribution in [1.82, 2.24) is 4.90 Å². The van der Waals surface area contributed by atoms with E-state index in [-0.39, 0.29) is 5.97 Å². The standard InChI is InChI=1S/C51H103NO4/c1-6-11-15-19-22-30-39-49(37-28-17-13-8-3)47-54-45-34-26-21-24-32-42-52(44-36-41-51(53)56-10-5)43-33-25-27-35-46-55-48-50(38-29-18-14-9-4)40-31-23-20-16-12-7-2/h49-50H,6-48H2,1-5H3. The maximum atomic E-state index is 12.0. The molecule has 0 amide bonds. The number of hydrogen-bond acceptors (Lipinski definition) is 5. The molecule has 0 bridgehead atoms. The smallest absolute Gasteiger partial charge is 0.305 e. The Morgan fingerprint density at radius 1 is 0.393 bits per heavy atom. The Hall–Kier alpha value is -0.650. The van der Waals surface area contributed by atoms with Crippen molar-refractivity contribution in [2.75, 3.05) is 52.7 Å². The Bertz CT molecular complexity index is 747. The number of rotatable bonds is 48. The first kappa shape index (κ1) is 55.4. The van der Waals surface area contributed by atoms with E-state index in [1.165, 1.54) is 212 Å². The van der Waals surface area contributed by atoms with Crippen molar-refractivity contribution in [3.8, 4) is 0 Å². The van der Waals surface area contributed by atoms with E-state index in [1.807, 2.05) is 6.92 Å². The molecular formula is C51H103NO4. The van der Waals surface area contributed by atoms with Crippen molar-refractivity contribution in [2.24, 2.45) is 11.8 Å². The van der Waals surface area contributed by atoms with Crippen molar-refractivity contribution in [2.45, 2.75) is 259 Å². The molecular weight excluding hydrogens is 691 g/mol. The van der Waals surface area contributed by atoms with Gasteiger partial charge in [-0.1, -0.05) is 188 Å². The van der Waals surface area contributed by atoms with E-state index in [0.717, 1.165) is 64.3 Å². The van der Waals surface area contributed by atoms with Gasteiger partial charge >= 0.3 is 5.97 Å². The molecule has 336 valence electrons. The summed E-state index contributed by atoms with van der Waals surface area (Å²) in [5.74, 6) is 1.48. The van der Waals surface area contributed by atoms with Crippen LogP contribution in [0.3, 0.4) is 0 Å². The highest BCUT2D eigenvalue weighted by atomic mass is 16.5. The Morgan fingerprint density at radius 2 is 0.714 bits per heavy atom. The SMILES string of the molecule is CCCCCCCCC(CCCCCC)COCCCCCCCN(CCCCCCOCC(CCCCCC)CCCCCCCC)CCCC(=O)OCC. The zero-order valence-corrected chi connectivity index (χ0v) is 39.1. The monoisotopic (exact) mass is 794 g/mol. The van der Waals surface area contributed by atoms with Crippen molar-refractivity contribution in [1.29, 1.82) is 0 Å². The fourth-order valence-corrected chi connectivity index (χ4v) is 8.25. The molecule has 2 unspecified atom stereocenters. The molecule has 0 aromatic carbocycles. The quantitative estimate of drug-likeness (QED) is 0.0454. The summed E-state index contributed by atoms with van der Waals surface area (Å²) in [6, 6.07) is 0. The van der Waals surface area contributed by atoms with Gasteiger partial charge in [-0.15, -0.1) is 0 Å². The number of carbonyl (C=O) groups excluding carboxylic acids is 1. The Kier molecular flexibility index (Phi) is 46.5. The lowest BCUT2D eigenvalue weighted by molar-refractivity contribution is -0.143. The summed E-state index contributed by atoms with van der Waals surface area (Å²) in [5, 5.41) is 0. The minimum Gasteiger partial charge on any atom is -0.466 e. The minimum atomic E-state index is -0.0462. The van der Waals surface area contributed by atoms with E-state index in [1.54, 1.807) is 0 Å². The predicted molar refractivity (Wildman–Crippen MR) is 246 cm³/mol. The van der Waals surface area contributed by atoms with Gasteiger partial charge < -0.3 is 19.1 Å². The summed E-state index contributed by atoms with van der Waals surface area (Å²) < 4.78 is 17.7. The molecule has 0 aromatic heterocycles. The molecule has 0 saturated heterocycles. The molecule has 0 rings (SSSR count). The van der Waals surface area contributed by atoms with Crippen LogP contribution in [0.25, 0.3) is 0 Å². The molecule has 0 radical (unpaired) electrons. The van der Waals surface area contributed by atoms with Gasteiger partial charge in [0, 0.05) is 32.8 Å².